The van der Waals surface area contributed by atoms with Crippen LogP contribution >= 0.6 is 7.60 Å². The van der Waals surface area contributed by atoms with E-state index in [0.717, 1.165) is 0 Å². The largest absolute Gasteiger partial charge is 0.424 e. The quantitative estimate of drug-likeness (QED) is 0.596. The van der Waals surface area contributed by atoms with Crippen molar-refractivity contribution in [2.75, 3.05) is 13.3 Å². The SMILES string of the molecule is C#CC(F)c1ccccc1OP(C)(=O)OCC. The number of para-hydroxylation sites is 1. The highest BCUT2D eigenvalue weighted by Gasteiger charge is 2.21. The highest BCUT2D eigenvalue weighted by Crippen LogP contribution is 2.46. The van der Waals surface area contributed by atoms with Crippen LogP contribution in [-0.4, -0.2) is 13.3 Å². The van der Waals surface area contributed by atoms with Crippen molar-refractivity contribution in [2.24, 2.45) is 0 Å². The Morgan fingerprint density at radius 3 is 2.76 bits per heavy atom. The number of terminal acetylenes is 1. The lowest BCUT2D eigenvalue weighted by molar-refractivity contribution is 0.282. The van der Waals surface area contributed by atoms with Crippen molar-refractivity contribution in [3.8, 4) is 18.1 Å². The smallest absolute Gasteiger partial charge is 0.376 e. The zero-order valence-electron chi connectivity index (χ0n) is 9.72. The molecule has 1 aromatic carbocycles. The molecule has 1 rings (SSSR count). The molecule has 0 spiro atoms. The van der Waals surface area contributed by atoms with Gasteiger partial charge in [0.2, 0.25) is 0 Å². The normalized spacial score (nSPS) is 15.6. The van der Waals surface area contributed by atoms with Gasteiger partial charge in [0.15, 0.2) is 6.17 Å². The maximum atomic E-state index is 13.4. The number of hydrogen-bond acceptors (Lipinski definition) is 3. The highest BCUT2D eigenvalue weighted by atomic mass is 31.2. The monoisotopic (exact) mass is 256 g/mol. The van der Waals surface area contributed by atoms with Crippen LogP contribution in [0.25, 0.3) is 0 Å². The van der Waals surface area contributed by atoms with E-state index in [0.29, 0.717) is 0 Å². The van der Waals surface area contributed by atoms with Crippen molar-refractivity contribution in [3.63, 3.8) is 0 Å². The molecule has 0 heterocycles. The van der Waals surface area contributed by atoms with Crippen LogP contribution in [0.1, 0.15) is 18.7 Å². The third kappa shape index (κ3) is 3.89. The number of alkyl halides is 1. The summed E-state index contributed by atoms with van der Waals surface area (Å²) in [6.45, 7) is 3.28. The molecule has 2 atom stereocenters. The van der Waals surface area contributed by atoms with Gasteiger partial charge < -0.3 is 9.05 Å². The molecule has 0 aliphatic rings. The lowest BCUT2D eigenvalue weighted by Crippen LogP contribution is -2.00. The maximum absolute atomic E-state index is 13.4. The third-order valence-corrected chi connectivity index (χ3v) is 3.22. The minimum Gasteiger partial charge on any atom is -0.424 e. The van der Waals surface area contributed by atoms with E-state index in [9.17, 15) is 8.96 Å². The van der Waals surface area contributed by atoms with Gasteiger partial charge in [-0.25, -0.2) is 8.96 Å². The fourth-order valence-corrected chi connectivity index (χ4v) is 2.35. The highest BCUT2D eigenvalue weighted by molar-refractivity contribution is 7.53. The second kappa shape index (κ2) is 5.86. The van der Waals surface area contributed by atoms with Gasteiger partial charge in [-0.15, -0.1) is 6.42 Å². The molecule has 1 aromatic rings. The number of rotatable bonds is 5. The van der Waals surface area contributed by atoms with Crippen molar-refractivity contribution >= 4 is 7.60 Å². The molecule has 0 amide bonds. The molecular formula is C12H14FO3P. The van der Waals surface area contributed by atoms with Gasteiger partial charge in [-0.1, -0.05) is 24.1 Å². The Labute approximate surface area is 100 Å². The fraction of sp³-hybridized carbons (Fsp3) is 0.333. The molecular weight excluding hydrogens is 242 g/mol. The van der Waals surface area contributed by atoms with Gasteiger partial charge in [-0.05, 0) is 13.0 Å². The summed E-state index contributed by atoms with van der Waals surface area (Å²) in [5.41, 5.74) is 0.178. The van der Waals surface area contributed by atoms with Crippen LogP contribution in [0.5, 0.6) is 5.75 Å². The Bertz CT molecular complexity index is 467. The molecule has 3 nitrogen and oxygen atoms in total. The van der Waals surface area contributed by atoms with E-state index in [1.54, 1.807) is 19.1 Å². The summed E-state index contributed by atoms with van der Waals surface area (Å²) in [4.78, 5) is 0. The molecule has 0 radical (unpaired) electrons. The van der Waals surface area contributed by atoms with E-state index in [-0.39, 0.29) is 17.9 Å². The van der Waals surface area contributed by atoms with Crippen LogP contribution in [-0.2, 0) is 9.09 Å². The van der Waals surface area contributed by atoms with Crippen molar-refractivity contribution in [3.05, 3.63) is 29.8 Å². The van der Waals surface area contributed by atoms with E-state index >= 15 is 0 Å². The molecule has 17 heavy (non-hydrogen) atoms. The lowest BCUT2D eigenvalue weighted by Gasteiger charge is -2.17. The van der Waals surface area contributed by atoms with E-state index < -0.39 is 13.8 Å². The minimum absolute atomic E-state index is 0.150. The van der Waals surface area contributed by atoms with Gasteiger partial charge in [0.1, 0.15) is 5.75 Å². The zero-order chi connectivity index (χ0) is 12.9. The predicted octanol–water partition coefficient (Wildman–Crippen LogP) is 3.57. The lowest BCUT2D eigenvalue weighted by atomic mass is 10.1. The molecule has 0 bridgehead atoms. The topological polar surface area (TPSA) is 35.5 Å². The molecule has 0 saturated heterocycles. The summed E-state index contributed by atoms with van der Waals surface area (Å²) in [5, 5.41) is 0. The van der Waals surface area contributed by atoms with Gasteiger partial charge in [-0.3, -0.25) is 0 Å². The van der Waals surface area contributed by atoms with E-state index in [1.165, 1.54) is 18.8 Å². The Morgan fingerprint density at radius 2 is 2.18 bits per heavy atom. The van der Waals surface area contributed by atoms with Gasteiger partial charge in [0, 0.05) is 12.2 Å². The minimum atomic E-state index is -3.23. The fourth-order valence-electron chi connectivity index (χ4n) is 1.30. The van der Waals surface area contributed by atoms with Gasteiger partial charge in [0.05, 0.1) is 6.61 Å². The molecule has 0 aromatic heterocycles. The second-order valence-corrected chi connectivity index (χ2v) is 5.33. The number of hydrogen-bond donors (Lipinski definition) is 0. The van der Waals surface area contributed by atoms with Crippen LogP contribution in [0.15, 0.2) is 24.3 Å². The third-order valence-electron chi connectivity index (χ3n) is 1.97. The van der Waals surface area contributed by atoms with Crippen molar-refractivity contribution in [1.82, 2.24) is 0 Å². The molecule has 0 N–H and O–H groups in total. The first-order valence-corrected chi connectivity index (χ1v) is 7.10. The first-order chi connectivity index (χ1) is 8.00. The summed E-state index contributed by atoms with van der Waals surface area (Å²) < 4.78 is 35.4. The Morgan fingerprint density at radius 1 is 1.53 bits per heavy atom. The molecule has 2 unspecified atom stereocenters. The average molecular weight is 256 g/mol. The molecule has 0 aliphatic carbocycles. The maximum Gasteiger partial charge on any atom is 0.376 e. The van der Waals surface area contributed by atoms with E-state index in [2.05, 4.69) is 0 Å². The summed E-state index contributed by atoms with van der Waals surface area (Å²) in [6, 6.07) is 6.28. The molecule has 0 fully saturated rings. The Balaban J connectivity index is 2.99. The van der Waals surface area contributed by atoms with Crippen LogP contribution in [0, 0.1) is 12.3 Å². The first kappa shape index (κ1) is 13.8. The summed E-state index contributed by atoms with van der Waals surface area (Å²) in [6.07, 6.45) is 3.42. The van der Waals surface area contributed by atoms with Gasteiger partial charge >= 0.3 is 7.60 Å². The van der Waals surface area contributed by atoms with Gasteiger partial charge in [0.25, 0.3) is 0 Å². The number of halogens is 1. The molecule has 0 saturated carbocycles. The molecule has 0 aliphatic heterocycles. The average Bonchev–Trinajstić information content (AvgIpc) is 2.28. The summed E-state index contributed by atoms with van der Waals surface area (Å²) in [5.74, 6) is 2.11. The van der Waals surface area contributed by atoms with Crippen LogP contribution in [0.3, 0.4) is 0 Å². The standard InChI is InChI=1S/C12H14FO3P/c1-4-11(13)10-8-6-7-9-12(10)16-17(3,14)15-5-2/h1,6-9,11H,5H2,2-3H3. The molecule has 5 heteroatoms. The van der Waals surface area contributed by atoms with Crippen LogP contribution < -0.4 is 4.52 Å². The summed E-state index contributed by atoms with van der Waals surface area (Å²) >= 11 is 0. The van der Waals surface area contributed by atoms with Crippen LogP contribution in [0.2, 0.25) is 0 Å². The van der Waals surface area contributed by atoms with Crippen molar-refractivity contribution in [1.29, 1.82) is 0 Å². The van der Waals surface area contributed by atoms with E-state index in [4.69, 9.17) is 15.5 Å². The van der Waals surface area contributed by atoms with Crippen molar-refractivity contribution in [2.45, 2.75) is 13.1 Å². The second-order valence-electron chi connectivity index (χ2n) is 3.35. The predicted molar refractivity (Wildman–Crippen MR) is 64.9 cm³/mol. The number of benzene rings is 1. The molecule has 92 valence electrons. The zero-order valence-corrected chi connectivity index (χ0v) is 10.6. The Kier molecular flexibility index (Phi) is 4.74. The first-order valence-electron chi connectivity index (χ1n) is 5.11. The van der Waals surface area contributed by atoms with Crippen LogP contribution in [0.4, 0.5) is 4.39 Å². The van der Waals surface area contributed by atoms with E-state index in [1.807, 2.05) is 5.92 Å². The van der Waals surface area contributed by atoms with Crippen molar-refractivity contribution < 1.29 is 18.0 Å². The van der Waals surface area contributed by atoms with Gasteiger partial charge in [-0.2, -0.15) is 0 Å². The summed E-state index contributed by atoms with van der Waals surface area (Å²) in [7, 11) is -3.23. The Hall–Kier alpha value is -1.30.